The van der Waals surface area contributed by atoms with E-state index in [0.717, 1.165) is 12.8 Å². The van der Waals surface area contributed by atoms with Crippen LogP contribution in [0.3, 0.4) is 0 Å². The minimum Gasteiger partial charge on any atom is -0.449 e. The number of furan rings is 1. The van der Waals surface area contributed by atoms with Gasteiger partial charge in [0.15, 0.2) is 0 Å². The summed E-state index contributed by atoms with van der Waals surface area (Å²) >= 11 is 0. The highest BCUT2D eigenvalue weighted by Crippen LogP contribution is 2.35. The number of amides is 1. The standard InChI is InChI=1S/C25H28N2O5S/c28-25(27-14-16-31-17-15-27)24-23(21-8-4-5-9-22(21)32-24)26-33(29,30)20-12-10-19(11-13-20)18-6-2-1-3-7-18/h4-5,8-13,18,26H,1-3,6-7,14-17H2. The number of sulfonamides is 1. The molecule has 7 nitrogen and oxygen atoms in total. The van der Waals surface area contributed by atoms with Crippen LogP contribution in [0.2, 0.25) is 0 Å². The van der Waals surface area contributed by atoms with Crippen molar-refractivity contribution < 1.29 is 22.4 Å². The Balaban J connectivity index is 1.45. The summed E-state index contributed by atoms with van der Waals surface area (Å²) in [6.07, 6.45) is 6.02. The lowest BCUT2D eigenvalue weighted by atomic mass is 9.84. The maximum absolute atomic E-state index is 13.3. The Morgan fingerprint density at radius 3 is 2.36 bits per heavy atom. The molecule has 174 valence electrons. The van der Waals surface area contributed by atoms with E-state index in [2.05, 4.69) is 4.72 Å². The van der Waals surface area contributed by atoms with Crippen molar-refractivity contribution in [2.75, 3.05) is 31.0 Å². The summed E-state index contributed by atoms with van der Waals surface area (Å²) in [4.78, 5) is 15.0. The van der Waals surface area contributed by atoms with Crippen molar-refractivity contribution in [1.29, 1.82) is 0 Å². The molecule has 2 fully saturated rings. The monoisotopic (exact) mass is 468 g/mol. The third kappa shape index (κ3) is 4.50. The van der Waals surface area contributed by atoms with Gasteiger partial charge in [0.25, 0.3) is 15.9 Å². The zero-order chi connectivity index (χ0) is 22.8. The summed E-state index contributed by atoms with van der Waals surface area (Å²) < 4.78 is 40.4. The van der Waals surface area contributed by atoms with Crippen molar-refractivity contribution in [2.24, 2.45) is 0 Å². The minimum absolute atomic E-state index is 0.000464. The highest BCUT2D eigenvalue weighted by Gasteiger charge is 2.29. The average molecular weight is 469 g/mol. The predicted molar refractivity (Wildman–Crippen MR) is 126 cm³/mol. The third-order valence-electron chi connectivity index (χ3n) is 6.59. The first-order valence-electron chi connectivity index (χ1n) is 11.5. The lowest BCUT2D eigenvalue weighted by Crippen LogP contribution is -2.40. The summed E-state index contributed by atoms with van der Waals surface area (Å²) in [6.45, 7) is 1.76. The fourth-order valence-corrected chi connectivity index (χ4v) is 5.84. The molecule has 2 heterocycles. The van der Waals surface area contributed by atoms with Gasteiger partial charge in [-0.3, -0.25) is 9.52 Å². The lowest BCUT2D eigenvalue weighted by molar-refractivity contribution is 0.0285. The van der Waals surface area contributed by atoms with Crippen LogP contribution in [0.5, 0.6) is 0 Å². The van der Waals surface area contributed by atoms with Crippen molar-refractivity contribution >= 4 is 32.6 Å². The first-order chi connectivity index (χ1) is 16.0. The van der Waals surface area contributed by atoms with Gasteiger partial charge < -0.3 is 14.1 Å². The number of hydrogen-bond acceptors (Lipinski definition) is 5. The molecule has 3 aromatic rings. The van der Waals surface area contributed by atoms with Gasteiger partial charge in [0.1, 0.15) is 11.3 Å². The second-order valence-corrected chi connectivity index (χ2v) is 10.4. The molecule has 1 amide bonds. The number of anilines is 1. The van der Waals surface area contributed by atoms with Crippen LogP contribution in [0.1, 0.15) is 54.1 Å². The van der Waals surface area contributed by atoms with Crippen molar-refractivity contribution in [1.82, 2.24) is 4.90 Å². The van der Waals surface area contributed by atoms with Crippen LogP contribution >= 0.6 is 0 Å². The number of benzene rings is 2. The minimum atomic E-state index is -3.91. The van der Waals surface area contributed by atoms with E-state index in [1.807, 2.05) is 12.1 Å². The molecule has 8 heteroatoms. The number of carbonyl (C=O) groups is 1. The molecule has 1 aliphatic carbocycles. The van der Waals surface area contributed by atoms with E-state index in [-0.39, 0.29) is 22.3 Å². The molecule has 0 bridgehead atoms. The number of fused-ring (bicyclic) bond motifs is 1. The first-order valence-corrected chi connectivity index (χ1v) is 13.0. The van der Waals surface area contributed by atoms with E-state index in [4.69, 9.17) is 9.15 Å². The summed E-state index contributed by atoms with van der Waals surface area (Å²) in [6, 6.07) is 14.2. The normalized spacial score (nSPS) is 17.9. The molecule has 1 saturated carbocycles. The number of carbonyl (C=O) groups excluding carboxylic acids is 1. The molecule has 33 heavy (non-hydrogen) atoms. The Morgan fingerprint density at radius 1 is 0.939 bits per heavy atom. The van der Waals surface area contributed by atoms with Crippen LogP contribution in [0.15, 0.2) is 57.8 Å². The van der Waals surface area contributed by atoms with Crippen LogP contribution in [-0.2, 0) is 14.8 Å². The summed E-state index contributed by atoms with van der Waals surface area (Å²) in [5.41, 5.74) is 1.82. The molecular formula is C25H28N2O5S. The van der Waals surface area contributed by atoms with Crippen LogP contribution in [0.25, 0.3) is 11.0 Å². The highest BCUT2D eigenvalue weighted by molar-refractivity contribution is 7.92. The van der Waals surface area contributed by atoms with Gasteiger partial charge in [0, 0.05) is 18.5 Å². The number of rotatable bonds is 5. The molecule has 5 rings (SSSR count). The first kappa shape index (κ1) is 22.0. The second-order valence-electron chi connectivity index (χ2n) is 8.72. The van der Waals surface area contributed by atoms with E-state index in [1.54, 1.807) is 41.3 Å². The molecule has 2 aliphatic rings. The van der Waals surface area contributed by atoms with E-state index in [0.29, 0.717) is 43.2 Å². The summed E-state index contributed by atoms with van der Waals surface area (Å²) in [7, 11) is -3.91. The molecule has 0 unspecified atom stereocenters. The van der Waals surface area contributed by atoms with Gasteiger partial charge in [-0.2, -0.15) is 0 Å². The number of morpholine rings is 1. The molecule has 2 aromatic carbocycles. The number of hydrogen-bond donors (Lipinski definition) is 1. The Bertz CT molecular complexity index is 1240. The van der Waals surface area contributed by atoms with Gasteiger partial charge in [0.05, 0.1) is 18.1 Å². The average Bonchev–Trinajstić information content (AvgIpc) is 3.22. The van der Waals surface area contributed by atoms with E-state index in [9.17, 15) is 13.2 Å². The van der Waals surface area contributed by atoms with Gasteiger partial charge in [-0.25, -0.2) is 8.42 Å². The Morgan fingerprint density at radius 2 is 1.64 bits per heavy atom. The highest BCUT2D eigenvalue weighted by atomic mass is 32.2. The van der Waals surface area contributed by atoms with E-state index < -0.39 is 10.0 Å². The van der Waals surface area contributed by atoms with Crippen LogP contribution in [-0.4, -0.2) is 45.5 Å². The molecule has 0 atom stereocenters. The van der Waals surface area contributed by atoms with Gasteiger partial charge in [-0.15, -0.1) is 0 Å². The van der Waals surface area contributed by atoms with E-state index >= 15 is 0 Å². The fraction of sp³-hybridized carbons (Fsp3) is 0.400. The fourth-order valence-electron chi connectivity index (χ4n) is 4.76. The molecule has 0 spiro atoms. The van der Waals surface area contributed by atoms with Crippen molar-refractivity contribution in [3.8, 4) is 0 Å². The SMILES string of the molecule is O=C(c1oc2ccccc2c1NS(=O)(=O)c1ccc(C2CCCCC2)cc1)N1CCOCC1. The topological polar surface area (TPSA) is 88.8 Å². The lowest BCUT2D eigenvalue weighted by Gasteiger charge is -2.26. The smallest absolute Gasteiger partial charge is 0.291 e. The zero-order valence-corrected chi connectivity index (χ0v) is 19.3. The second kappa shape index (κ2) is 9.19. The summed E-state index contributed by atoms with van der Waals surface area (Å²) in [5.74, 6) is 0.152. The van der Waals surface area contributed by atoms with Gasteiger partial charge in [-0.05, 0) is 48.6 Å². The van der Waals surface area contributed by atoms with Crippen LogP contribution < -0.4 is 4.72 Å². The molecule has 1 saturated heterocycles. The largest absolute Gasteiger partial charge is 0.449 e. The Labute approximate surface area is 193 Å². The van der Waals surface area contributed by atoms with Crippen molar-refractivity contribution in [3.63, 3.8) is 0 Å². The van der Waals surface area contributed by atoms with E-state index in [1.165, 1.54) is 24.8 Å². The quantitative estimate of drug-likeness (QED) is 0.584. The number of nitrogens with one attached hydrogen (secondary N) is 1. The summed E-state index contributed by atoms with van der Waals surface area (Å²) in [5, 5.41) is 0.552. The van der Waals surface area contributed by atoms with Gasteiger partial charge in [0.2, 0.25) is 5.76 Å². The number of ether oxygens (including phenoxy) is 1. The molecule has 1 aliphatic heterocycles. The van der Waals surface area contributed by atoms with Gasteiger partial charge in [-0.1, -0.05) is 43.5 Å². The zero-order valence-electron chi connectivity index (χ0n) is 18.5. The third-order valence-corrected chi connectivity index (χ3v) is 7.96. The molecular weight excluding hydrogens is 440 g/mol. The maximum atomic E-state index is 13.3. The van der Waals surface area contributed by atoms with Crippen LogP contribution in [0.4, 0.5) is 5.69 Å². The van der Waals surface area contributed by atoms with Gasteiger partial charge >= 0.3 is 0 Å². The Hall–Kier alpha value is -2.84. The van der Waals surface area contributed by atoms with Crippen LogP contribution in [0, 0.1) is 0 Å². The van der Waals surface area contributed by atoms with Crippen molar-refractivity contribution in [3.05, 3.63) is 59.9 Å². The predicted octanol–water partition coefficient (Wildman–Crippen LogP) is 4.75. The molecule has 1 N–H and O–H groups in total. The molecule has 0 radical (unpaired) electrons. The Kier molecular flexibility index (Phi) is 6.12. The number of para-hydroxylation sites is 1. The number of nitrogens with zero attached hydrogens (tertiary/aromatic N) is 1. The maximum Gasteiger partial charge on any atom is 0.291 e. The molecule has 1 aromatic heterocycles. The van der Waals surface area contributed by atoms with Crippen molar-refractivity contribution in [2.45, 2.75) is 42.9 Å².